The number of fused-ring (bicyclic) bond motifs is 1. The summed E-state index contributed by atoms with van der Waals surface area (Å²) >= 11 is 0. The number of carbonyl (C=O) groups excluding carboxylic acids is 3. The molecule has 1 aliphatic carbocycles. The second kappa shape index (κ2) is 6.37. The number of methoxy groups -OCH3 is 1. The number of ether oxygens (including phenoxy) is 3. The van der Waals surface area contributed by atoms with Crippen LogP contribution in [-0.4, -0.2) is 53.0 Å². The molecule has 0 aromatic carbocycles. The van der Waals surface area contributed by atoms with Gasteiger partial charge in [0.15, 0.2) is 0 Å². The number of cyclic esters (lactones) is 1. The Morgan fingerprint density at radius 3 is 2.58 bits per heavy atom. The van der Waals surface area contributed by atoms with Crippen molar-refractivity contribution in [3.63, 3.8) is 0 Å². The zero-order valence-corrected chi connectivity index (χ0v) is 13.8. The fourth-order valence-corrected chi connectivity index (χ4v) is 3.06. The minimum atomic E-state index is -1.94. The number of hydrogen-bond donors (Lipinski definition) is 2. The summed E-state index contributed by atoms with van der Waals surface area (Å²) in [6.07, 6.45) is -0.455. The van der Waals surface area contributed by atoms with Gasteiger partial charge in [0.2, 0.25) is 0 Å². The molecule has 0 radical (unpaired) electrons. The maximum absolute atomic E-state index is 12.1. The Labute approximate surface area is 138 Å². The number of hydrogen-bond acceptors (Lipinski definition) is 8. The molecule has 0 unspecified atom stereocenters. The van der Waals surface area contributed by atoms with Crippen LogP contribution in [0.25, 0.3) is 0 Å². The minimum Gasteiger partial charge on any atom is -0.466 e. The first-order valence-electron chi connectivity index (χ1n) is 7.40. The highest BCUT2D eigenvalue weighted by molar-refractivity contribution is 5.93. The van der Waals surface area contributed by atoms with Crippen LogP contribution >= 0.6 is 0 Å². The van der Waals surface area contributed by atoms with Crippen LogP contribution in [-0.2, 0) is 28.6 Å². The Kier molecular flexibility index (Phi) is 4.82. The Morgan fingerprint density at radius 2 is 2.04 bits per heavy atom. The van der Waals surface area contributed by atoms with Crippen LogP contribution in [0.3, 0.4) is 0 Å². The van der Waals surface area contributed by atoms with E-state index in [2.05, 4.69) is 4.74 Å². The van der Waals surface area contributed by atoms with Crippen molar-refractivity contribution in [2.45, 2.75) is 38.6 Å². The first-order valence-corrected chi connectivity index (χ1v) is 7.40. The van der Waals surface area contributed by atoms with E-state index in [1.54, 1.807) is 6.92 Å². The zero-order valence-electron chi connectivity index (χ0n) is 13.8. The third-order valence-corrected chi connectivity index (χ3v) is 4.59. The van der Waals surface area contributed by atoms with Gasteiger partial charge in [-0.2, -0.15) is 0 Å². The Balaban J connectivity index is 2.47. The van der Waals surface area contributed by atoms with E-state index in [1.807, 2.05) is 0 Å². The fraction of sp³-hybridized carbons (Fsp3) is 0.562. The molecule has 0 aromatic heterocycles. The summed E-state index contributed by atoms with van der Waals surface area (Å²) in [5, 5.41) is 21.0. The molecule has 8 heteroatoms. The highest BCUT2D eigenvalue weighted by atomic mass is 16.6. The predicted molar refractivity (Wildman–Crippen MR) is 79.1 cm³/mol. The molecule has 0 amide bonds. The molecule has 132 valence electrons. The standard InChI is InChI=1S/C16H20O8/c1-5-7(2)13(18)24-11-9-8(14(19)22-4)6-23-15(20)10(9)16(3,21)12(11)17/h5-6,9-12,17,21H,1-4H3/t9-,10-,11+,12+,16-/m1/s1. The molecule has 2 rings (SSSR count). The number of carbonyl (C=O) groups is 3. The largest absolute Gasteiger partial charge is 0.466 e. The van der Waals surface area contributed by atoms with Gasteiger partial charge in [0, 0.05) is 5.57 Å². The third-order valence-electron chi connectivity index (χ3n) is 4.59. The maximum Gasteiger partial charge on any atom is 0.337 e. The lowest BCUT2D eigenvalue weighted by Crippen LogP contribution is -2.46. The molecule has 2 aliphatic rings. The number of aliphatic hydroxyl groups is 2. The fourth-order valence-electron chi connectivity index (χ4n) is 3.06. The average molecular weight is 340 g/mol. The van der Waals surface area contributed by atoms with Gasteiger partial charge in [0.1, 0.15) is 24.1 Å². The molecule has 0 saturated heterocycles. The summed E-state index contributed by atoms with van der Waals surface area (Å²) in [5.74, 6) is -4.68. The van der Waals surface area contributed by atoms with Crippen molar-refractivity contribution in [2.75, 3.05) is 7.11 Å². The predicted octanol–water partition coefficient (Wildman–Crippen LogP) is -0.164. The molecule has 0 spiro atoms. The molecule has 0 bridgehead atoms. The molecule has 8 nitrogen and oxygen atoms in total. The molecule has 0 aromatic rings. The van der Waals surface area contributed by atoms with Crippen molar-refractivity contribution in [1.82, 2.24) is 0 Å². The second-order valence-electron chi connectivity index (χ2n) is 6.02. The van der Waals surface area contributed by atoms with E-state index in [-0.39, 0.29) is 11.1 Å². The Bertz CT molecular complexity index is 630. The summed E-state index contributed by atoms with van der Waals surface area (Å²) in [5.41, 5.74) is -1.74. The summed E-state index contributed by atoms with van der Waals surface area (Å²) in [6.45, 7) is 4.39. The van der Waals surface area contributed by atoms with Crippen LogP contribution in [0.2, 0.25) is 0 Å². The summed E-state index contributed by atoms with van der Waals surface area (Å²) in [6, 6.07) is 0. The number of esters is 3. The number of rotatable bonds is 3. The molecule has 1 saturated carbocycles. The van der Waals surface area contributed by atoms with E-state index in [4.69, 9.17) is 9.47 Å². The Hall–Kier alpha value is -2.19. The van der Waals surface area contributed by atoms with E-state index < -0.39 is 47.6 Å². The van der Waals surface area contributed by atoms with Gasteiger partial charge in [-0.3, -0.25) is 4.79 Å². The SMILES string of the molecule is CC=C(C)C(=O)O[C@H]1[C@@H]2C(C(=O)OC)=COC(=O)[C@@H]2[C@@](C)(O)[C@H]1O. The van der Waals surface area contributed by atoms with E-state index in [0.717, 1.165) is 13.4 Å². The molecular formula is C16H20O8. The van der Waals surface area contributed by atoms with Gasteiger partial charge in [-0.1, -0.05) is 6.08 Å². The second-order valence-corrected chi connectivity index (χ2v) is 6.02. The van der Waals surface area contributed by atoms with E-state index in [9.17, 15) is 24.6 Å². The normalized spacial score (nSPS) is 35.7. The first kappa shape index (κ1) is 18.2. The van der Waals surface area contributed by atoms with Crippen LogP contribution in [0.4, 0.5) is 0 Å². The van der Waals surface area contributed by atoms with Crippen molar-refractivity contribution >= 4 is 17.9 Å². The lowest BCUT2D eigenvalue weighted by atomic mass is 9.81. The Morgan fingerprint density at radius 1 is 1.42 bits per heavy atom. The number of aliphatic hydroxyl groups excluding tert-OH is 1. The van der Waals surface area contributed by atoms with Gasteiger partial charge in [-0.15, -0.1) is 0 Å². The van der Waals surface area contributed by atoms with Gasteiger partial charge in [0.05, 0.1) is 24.5 Å². The molecule has 1 aliphatic heterocycles. The van der Waals surface area contributed by atoms with E-state index in [0.29, 0.717) is 0 Å². The van der Waals surface area contributed by atoms with Crippen LogP contribution in [0.15, 0.2) is 23.5 Å². The summed E-state index contributed by atoms with van der Waals surface area (Å²) in [7, 11) is 1.14. The highest BCUT2D eigenvalue weighted by Crippen LogP contribution is 2.48. The van der Waals surface area contributed by atoms with Crippen LogP contribution in [0, 0.1) is 11.8 Å². The van der Waals surface area contributed by atoms with E-state index in [1.165, 1.54) is 19.9 Å². The van der Waals surface area contributed by atoms with Gasteiger partial charge >= 0.3 is 17.9 Å². The molecule has 2 N–H and O–H groups in total. The number of allylic oxidation sites excluding steroid dienone is 1. The molecule has 1 fully saturated rings. The van der Waals surface area contributed by atoms with Crippen LogP contribution < -0.4 is 0 Å². The first-order chi connectivity index (χ1) is 11.2. The monoisotopic (exact) mass is 340 g/mol. The van der Waals surface area contributed by atoms with Crippen molar-refractivity contribution in [3.8, 4) is 0 Å². The van der Waals surface area contributed by atoms with Gasteiger partial charge in [0.25, 0.3) is 0 Å². The summed E-state index contributed by atoms with van der Waals surface area (Å²) in [4.78, 5) is 36.1. The van der Waals surface area contributed by atoms with Crippen molar-refractivity contribution in [3.05, 3.63) is 23.5 Å². The van der Waals surface area contributed by atoms with Gasteiger partial charge < -0.3 is 24.4 Å². The quantitative estimate of drug-likeness (QED) is 0.413. The topological polar surface area (TPSA) is 119 Å². The van der Waals surface area contributed by atoms with Gasteiger partial charge in [-0.05, 0) is 20.8 Å². The lowest BCUT2D eigenvalue weighted by Gasteiger charge is -2.30. The minimum absolute atomic E-state index is 0.0881. The van der Waals surface area contributed by atoms with Crippen molar-refractivity contribution in [2.24, 2.45) is 11.8 Å². The molecule has 24 heavy (non-hydrogen) atoms. The average Bonchev–Trinajstić information content (AvgIpc) is 2.75. The van der Waals surface area contributed by atoms with Crippen molar-refractivity contribution < 1.29 is 38.8 Å². The van der Waals surface area contributed by atoms with Crippen LogP contribution in [0.1, 0.15) is 20.8 Å². The molecule has 5 atom stereocenters. The van der Waals surface area contributed by atoms with E-state index >= 15 is 0 Å². The molecule has 1 heterocycles. The van der Waals surface area contributed by atoms with Crippen molar-refractivity contribution in [1.29, 1.82) is 0 Å². The summed E-state index contributed by atoms with van der Waals surface area (Å²) < 4.78 is 14.7. The third kappa shape index (κ3) is 2.71. The van der Waals surface area contributed by atoms with Gasteiger partial charge in [-0.25, -0.2) is 9.59 Å². The maximum atomic E-state index is 12.1. The lowest BCUT2D eigenvalue weighted by molar-refractivity contribution is -0.159. The smallest absolute Gasteiger partial charge is 0.337 e. The van der Waals surface area contributed by atoms with Crippen LogP contribution in [0.5, 0.6) is 0 Å². The highest BCUT2D eigenvalue weighted by Gasteiger charge is 2.65. The molecular weight excluding hydrogens is 320 g/mol. The zero-order chi connectivity index (χ0) is 18.2.